The van der Waals surface area contributed by atoms with Crippen molar-refractivity contribution in [3.8, 4) is 0 Å². The predicted molar refractivity (Wildman–Crippen MR) is 125 cm³/mol. The van der Waals surface area contributed by atoms with Crippen LogP contribution in [0.15, 0.2) is 48.5 Å². The highest BCUT2D eigenvalue weighted by atomic mass is 16.1. The van der Waals surface area contributed by atoms with Crippen molar-refractivity contribution in [2.24, 2.45) is 0 Å². The molecule has 0 saturated carbocycles. The Hall–Kier alpha value is -3.66. The molecule has 1 aliphatic rings. The summed E-state index contributed by atoms with van der Waals surface area (Å²) in [7, 11) is 0. The van der Waals surface area contributed by atoms with Gasteiger partial charge < -0.3 is 0 Å². The molecule has 32 heavy (non-hydrogen) atoms. The van der Waals surface area contributed by atoms with E-state index in [4.69, 9.17) is 0 Å². The number of aryl methyl sites for hydroxylation is 2. The Kier molecular flexibility index (Phi) is 6.64. The third-order valence-corrected chi connectivity index (χ3v) is 5.80. The number of Topliss-reactive ketones (excluding diaryl/α,β-unsaturated/α-hetero) is 1. The second-order valence-electron chi connectivity index (χ2n) is 7.67. The minimum absolute atomic E-state index is 0.175. The molecule has 0 radical (unpaired) electrons. The van der Waals surface area contributed by atoms with Gasteiger partial charge in [-0.2, -0.15) is 0 Å². The number of ketones is 3. The van der Waals surface area contributed by atoms with Crippen LogP contribution in [0.4, 0.5) is 0 Å². The van der Waals surface area contributed by atoms with Gasteiger partial charge in [0.05, 0.1) is 0 Å². The summed E-state index contributed by atoms with van der Waals surface area (Å²) in [5, 5.41) is 0. The van der Waals surface area contributed by atoms with E-state index in [1.807, 2.05) is 26.8 Å². The Morgan fingerprint density at radius 3 is 2.03 bits per heavy atom. The number of hydrogen-bond donors (Lipinski definition) is 0. The molecule has 0 spiro atoms. The number of fused-ring (bicyclic) bond motifs is 2. The summed E-state index contributed by atoms with van der Waals surface area (Å²) >= 11 is 0. The molecule has 4 nitrogen and oxygen atoms in total. The summed E-state index contributed by atoms with van der Waals surface area (Å²) in [6.45, 7) is 9.12. The first kappa shape index (κ1) is 23.0. The molecule has 0 atom stereocenters. The van der Waals surface area contributed by atoms with Gasteiger partial charge in [-0.15, -0.1) is 0 Å². The molecule has 0 unspecified atom stereocenters. The van der Waals surface area contributed by atoms with Crippen molar-refractivity contribution in [1.29, 1.82) is 0 Å². The van der Waals surface area contributed by atoms with E-state index in [2.05, 4.69) is 0 Å². The second kappa shape index (κ2) is 9.23. The maximum Gasteiger partial charge on any atom is 0.194 e. The van der Waals surface area contributed by atoms with Crippen LogP contribution in [-0.4, -0.2) is 23.6 Å². The Morgan fingerprint density at radius 1 is 0.812 bits per heavy atom. The van der Waals surface area contributed by atoms with E-state index in [1.54, 1.807) is 49.4 Å². The molecule has 1 aliphatic carbocycles. The zero-order valence-electron chi connectivity index (χ0n) is 19.0. The van der Waals surface area contributed by atoms with Crippen molar-refractivity contribution < 1.29 is 19.2 Å². The fraction of sp³-hybridized carbons (Fsp3) is 0.214. The highest BCUT2D eigenvalue weighted by Gasteiger charge is 2.34. The SMILES string of the molecule is CC.CC(=O)c1c(C)cc2c(c1Cc1c(C)cccc1C=O)C(=O)c1ccccc1C2=O. The Morgan fingerprint density at radius 2 is 1.44 bits per heavy atom. The van der Waals surface area contributed by atoms with Crippen LogP contribution in [0.3, 0.4) is 0 Å². The smallest absolute Gasteiger partial charge is 0.194 e. The van der Waals surface area contributed by atoms with Crippen LogP contribution in [0.2, 0.25) is 0 Å². The van der Waals surface area contributed by atoms with Crippen molar-refractivity contribution in [2.45, 2.75) is 41.0 Å². The molecular formula is C28H26O4. The van der Waals surface area contributed by atoms with Crippen molar-refractivity contribution >= 4 is 23.6 Å². The summed E-state index contributed by atoms with van der Waals surface area (Å²) < 4.78 is 0. The summed E-state index contributed by atoms with van der Waals surface area (Å²) in [4.78, 5) is 50.9. The quantitative estimate of drug-likeness (QED) is 0.310. The van der Waals surface area contributed by atoms with E-state index in [0.29, 0.717) is 38.9 Å². The third kappa shape index (κ3) is 3.73. The van der Waals surface area contributed by atoms with Crippen molar-refractivity contribution in [3.63, 3.8) is 0 Å². The predicted octanol–water partition coefficient (Wildman–Crippen LogP) is 5.71. The lowest BCUT2D eigenvalue weighted by Gasteiger charge is -2.24. The molecule has 3 aromatic carbocycles. The Labute approximate surface area is 188 Å². The van der Waals surface area contributed by atoms with E-state index in [9.17, 15) is 19.2 Å². The van der Waals surface area contributed by atoms with E-state index >= 15 is 0 Å². The lowest BCUT2D eigenvalue weighted by atomic mass is 9.76. The van der Waals surface area contributed by atoms with Crippen LogP contribution in [0.1, 0.15) is 95.6 Å². The van der Waals surface area contributed by atoms with Gasteiger partial charge >= 0.3 is 0 Å². The standard InChI is InChI=1S/C26H20O4.C2H6/c1-14-7-6-8-17(13-27)20(14)12-21-23(16(3)28)15(2)11-22-24(21)26(30)19-10-5-4-9-18(19)25(22)29;1-2/h4-11,13H,12H2,1-3H3;1-2H3. The van der Waals surface area contributed by atoms with Crippen LogP contribution >= 0.6 is 0 Å². The van der Waals surface area contributed by atoms with Gasteiger partial charge in [-0.25, -0.2) is 0 Å². The van der Waals surface area contributed by atoms with E-state index in [-0.39, 0.29) is 29.3 Å². The van der Waals surface area contributed by atoms with Crippen LogP contribution < -0.4 is 0 Å². The molecule has 0 aromatic heterocycles. The fourth-order valence-corrected chi connectivity index (χ4v) is 4.40. The van der Waals surface area contributed by atoms with E-state index in [0.717, 1.165) is 17.4 Å². The maximum atomic E-state index is 13.5. The molecule has 0 amide bonds. The number of carbonyl (C=O) groups is 4. The summed E-state index contributed by atoms with van der Waals surface area (Å²) in [6, 6.07) is 13.8. The monoisotopic (exact) mass is 426 g/mol. The minimum atomic E-state index is -0.265. The first-order valence-electron chi connectivity index (χ1n) is 10.7. The van der Waals surface area contributed by atoms with Gasteiger partial charge in [-0.3, -0.25) is 19.2 Å². The fourth-order valence-electron chi connectivity index (χ4n) is 4.40. The number of aldehydes is 1. The average molecular weight is 427 g/mol. The Bertz CT molecular complexity index is 1260. The minimum Gasteiger partial charge on any atom is -0.298 e. The molecule has 0 fully saturated rings. The molecule has 162 valence electrons. The van der Waals surface area contributed by atoms with Crippen LogP contribution in [0.25, 0.3) is 0 Å². The topological polar surface area (TPSA) is 68.3 Å². The highest BCUT2D eigenvalue weighted by molar-refractivity contribution is 6.29. The molecule has 4 rings (SSSR count). The second-order valence-corrected chi connectivity index (χ2v) is 7.67. The Balaban J connectivity index is 0.00000141. The average Bonchev–Trinajstić information content (AvgIpc) is 2.79. The van der Waals surface area contributed by atoms with Crippen molar-refractivity contribution in [1.82, 2.24) is 0 Å². The summed E-state index contributed by atoms with van der Waals surface area (Å²) in [5.74, 6) is -0.662. The van der Waals surface area contributed by atoms with Gasteiger partial charge in [0.25, 0.3) is 0 Å². The van der Waals surface area contributed by atoms with Gasteiger partial charge in [-0.05, 0) is 55.5 Å². The molecule has 0 heterocycles. The van der Waals surface area contributed by atoms with E-state index in [1.165, 1.54) is 6.92 Å². The van der Waals surface area contributed by atoms with E-state index < -0.39 is 0 Å². The first-order chi connectivity index (χ1) is 15.3. The number of rotatable bonds is 4. The normalized spacial score (nSPS) is 11.8. The van der Waals surface area contributed by atoms with Crippen LogP contribution in [-0.2, 0) is 6.42 Å². The van der Waals surface area contributed by atoms with Gasteiger partial charge in [0.2, 0.25) is 0 Å². The van der Waals surface area contributed by atoms with Crippen LogP contribution in [0.5, 0.6) is 0 Å². The van der Waals surface area contributed by atoms with Gasteiger partial charge in [0.1, 0.15) is 6.29 Å². The van der Waals surface area contributed by atoms with Gasteiger partial charge in [-0.1, -0.05) is 56.3 Å². The molecule has 0 bridgehead atoms. The molecular weight excluding hydrogens is 400 g/mol. The largest absolute Gasteiger partial charge is 0.298 e. The summed E-state index contributed by atoms with van der Waals surface area (Å²) in [6.07, 6.45) is 1.00. The zero-order chi connectivity index (χ0) is 23.6. The lowest BCUT2D eigenvalue weighted by molar-refractivity contribution is 0.0976. The molecule has 0 saturated heterocycles. The third-order valence-electron chi connectivity index (χ3n) is 5.80. The van der Waals surface area contributed by atoms with Crippen molar-refractivity contribution in [3.05, 3.63) is 104 Å². The molecule has 0 aliphatic heterocycles. The maximum absolute atomic E-state index is 13.5. The summed E-state index contributed by atoms with van der Waals surface area (Å²) in [5.41, 5.74) is 5.06. The molecule has 0 N–H and O–H groups in total. The first-order valence-corrected chi connectivity index (χ1v) is 10.7. The number of carbonyl (C=O) groups excluding carboxylic acids is 4. The number of hydrogen-bond acceptors (Lipinski definition) is 4. The van der Waals surface area contributed by atoms with Gasteiger partial charge in [0, 0.05) is 33.4 Å². The van der Waals surface area contributed by atoms with Gasteiger partial charge in [0.15, 0.2) is 17.3 Å². The lowest BCUT2D eigenvalue weighted by Crippen LogP contribution is -2.25. The number of benzene rings is 3. The molecule has 4 heteroatoms. The molecule has 3 aromatic rings. The van der Waals surface area contributed by atoms with Crippen LogP contribution in [0, 0.1) is 13.8 Å². The highest BCUT2D eigenvalue weighted by Crippen LogP contribution is 2.35. The zero-order valence-corrected chi connectivity index (χ0v) is 19.0. The van der Waals surface area contributed by atoms with Crippen molar-refractivity contribution in [2.75, 3.05) is 0 Å².